The summed E-state index contributed by atoms with van der Waals surface area (Å²) in [5.41, 5.74) is 2.22. The molecule has 4 rings (SSSR count). The van der Waals surface area contributed by atoms with Gasteiger partial charge in [-0.15, -0.1) is 0 Å². The van der Waals surface area contributed by atoms with Crippen LogP contribution in [0.4, 0.5) is 6.01 Å². The first-order valence-corrected chi connectivity index (χ1v) is 9.45. The number of nitrogens with one attached hydrogen (secondary N) is 2. The molecule has 0 radical (unpaired) electrons. The molecule has 4 N–H and O–H groups in total. The molecule has 0 fully saturated rings. The summed E-state index contributed by atoms with van der Waals surface area (Å²) < 4.78 is 16.8. The van der Waals surface area contributed by atoms with Crippen LogP contribution in [0.1, 0.15) is 16.1 Å². The Hall–Kier alpha value is -4.27. The van der Waals surface area contributed by atoms with Crippen LogP contribution in [-0.4, -0.2) is 35.1 Å². The SMILES string of the molecule is CNC(=O)c1cc(Oc2ccc3nc(NCc4cccc(OC)c4[OH2+])oc3c2)ccn1. The number of oxazole rings is 1. The summed E-state index contributed by atoms with van der Waals surface area (Å²) in [6, 6.07) is 14.2. The average Bonchev–Trinajstić information content (AvgIpc) is 3.20. The summed E-state index contributed by atoms with van der Waals surface area (Å²) in [6.45, 7) is 0.367. The summed E-state index contributed by atoms with van der Waals surface area (Å²) in [5.74, 6) is 1.54. The Morgan fingerprint density at radius 3 is 2.81 bits per heavy atom. The van der Waals surface area contributed by atoms with Crippen molar-refractivity contribution in [1.82, 2.24) is 15.3 Å². The van der Waals surface area contributed by atoms with Crippen LogP contribution >= 0.6 is 0 Å². The molecule has 158 valence electrons. The van der Waals surface area contributed by atoms with Crippen LogP contribution < -0.4 is 20.1 Å². The zero-order valence-electron chi connectivity index (χ0n) is 16.9. The lowest BCUT2D eigenvalue weighted by molar-refractivity contribution is 0.0958. The van der Waals surface area contributed by atoms with Gasteiger partial charge in [0.1, 0.15) is 22.7 Å². The standard InChI is InChI=1S/C22H20N4O5/c1-23-21(28)17-10-15(8-9-24-17)30-14-6-7-16-19(11-14)31-22(26-16)25-12-13-4-3-5-18(29-2)20(13)27/h3-11,27H,12H2,1-2H3,(H,23,28)(H,25,26)/p+1. The van der Waals surface area contributed by atoms with E-state index in [0.29, 0.717) is 46.7 Å². The van der Waals surface area contributed by atoms with Gasteiger partial charge in [-0.05, 0) is 30.3 Å². The zero-order valence-corrected chi connectivity index (χ0v) is 16.9. The first-order chi connectivity index (χ1) is 15.1. The van der Waals surface area contributed by atoms with Gasteiger partial charge in [0, 0.05) is 25.4 Å². The molecule has 0 atom stereocenters. The molecule has 1 amide bonds. The Morgan fingerprint density at radius 2 is 2.00 bits per heavy atom. The van der Waals surface area contributed by atoms with Gasteiger partial charge in [-0.25, -0.2) is 0 Å². The van der Waals surface area contributed by atoms with E-state index < -0.39 is 0 Å². The second-order valence-corrected chi connectivity index (χ2v) is 6.55. The van der Waals surface area contributed by atoms with Gasteiger partial charge in [-0.2, -0.15) is 4.98 Å². The number of benzene rings is 2. The molecule has 2 heterocycles. The molecule has 0 bridgehead atoms. The van der Waals surface area contributed by atoms with Crippen LogP contribution in [0.5, 0.6) is 23.0 Å². The maximum Gasteiger partial charge on any atom is 0.301 e. The highest BCUT2D eigenvalue weighted by Gasteiger charge is 2.14. The number of methoxy groups -OCH3 is 1. The van der Waals surface area contributed by atoms with Crippen LogP contribution in [-0.2, 0) is 6.54 Å². The highest BCUT2D eigenvalue weighted by atomic mass is 16.5. The van der Waals surface area contributed by atoms with Crippen molar-refractivity contribution in [1.29, 1.82) is 0 Å². The van der Waals surface area contributed by atoms with Crippen molar-refractivity contribution in [3.63, 3.8) is 0 Å². The molecule has 2 aromatic carbocycles. The lowest BCUT2D eigenvalue weighted by Crippen LogP contribution is -2.18. The van der Waals surface area contributed by atoms with Gasteiger partial charge >= 0.3 is 5.75 Å². The fourth-order valence-corrected chi connectivity index (χ4v) is 2.97. The number of carbonyl (C=O) groups excluding carboxylic acids is 1. The smallest absolute Gasteiger partial charge is 0.301 e. The number of amides is 1. The van der Waals surface area contributed by atoms with E-state index in [4.69, 9.17) is 19.0 Å². The number of anilines is 1. The van der Waals surface area contributed by atoms with Gasteiger partial charge in [-0.1, -0.05) is 6.07 Å². The Bertz CT molecular complexity index is 1240. The van der Waals surface area contributed by atoms with E-state index in [9.17, 15) is 4.79 Å². The Kier molecular flexibility index (Phi) is 5.57. The molecule has 0 unspecified atom stereocenters. The fraction of sp³-hybridized carbons (Fsp3) is 0.136. The Morgan fingerprint density at radius 1 is 1.16 bits per heavy atom. The van der Waals surface area contributed by atoms with Gasteiger partial charge in [-0.3, -0.25) is 9.78 Å². The summed E-state index contributed by atoms with van der Waals surface area (Å²) in [6.07, 6.45) is 1.51. The van der Waals surface area contributed by atoms with Crippen molar-refractivity contribution in [3.05, 3.63) is 66.0 Å². The van der Waals surface area contributed by atoms with E-state index in [0.717, 1.165) is 5.56 Å². The van der Waals surface area contributed by atoms with Gasteiger partial charge in [0.05, 0.1) is 19.2 Å². The third-order valence-corrected chi connectivity index (χ3v) is 4.55. The minimum atomic E-state index is -0.293. The maximum atomic E-state index is 11.7. The Balaban J connectivity index is 1.49. The van der Waals surface area contributed by atoms with Crippen LogP contribution in [0.2, 0.25) is 0 Å². The number of rotatable bonds is 7. The van der Waals surface area contributed by atoms with Crippen LogP contribution in [0.3, 0.4) is 0 Å². The monoisotopic (exact) mass is 421 g/mol. The number of pyridine rings is 1. The number of nitrogens with zero attached hydrogens (tertiary/aromatic N) is 2. The molecule has 0 saturated heterocycles. The number of ether oxygens (including phenoxy) is 2. The number of para-hydroxylation sites is 1. The van der Waals surface area contributed by atoms with Crippen LogP contribution in [0.15, 0.2) is 59.1 Å². The summed E-state index contributed by atoms with van der Waals surface area (Å²) >= 11 is 0. The first kappa shape index (κ1) is 20.0. The lowest BCUT2D eigenvalue weighted by Gasteiger charge is -2.06. The zero-order chi connectivity index (χ0) is 21.8. The minimum Gasteiger partial charge on any atom is -0.590 e. The average molecular weight is 421 g/mol. The molecule has 0 aliphatic heterocycles. The summed E-state index contributed by atoms with van der Waals surface area (Å²) in [5, 5.41) is 13.8. The quantitative estimate of drug-likeness (QED) is 0.438. The van der Waals surface area contributed by atoms with Crippen molar-refractivity contribution < 1.29 is 23.8 Å². The molecule has 0 aliphatic carbocycles. The third-order valence-electron chi connectivity index (χ3n) is 4.55. The number of aromatic nitrogens is 2. The van der Waals surface area contributed by atoms with Crippen molar-refractivity contribution in [2.24, 2.45) is 0 Å². The van der Waals surface area contributed by atoms with E-state index in [-0.39, 0.29) is 11.6 Å². The molecule has 2 aromatic heterocycles. The molecular formula is C22H21N4O5+. The molecule has 31 heavy (non-hydrogen) atoms. The molecule has 4 aromatic rings. The maximum absolute atomic E-state index is 11.7. The highest BCUT2D eigenvalue weighted by Crippen LogP contribution is 2.31. The van der Waals surface area contributed by atoms with E-state index >= 15 is 0 Å². The fourth-order valence-electron chi connectivity index (χ4n) is 2.97. The van der Waals surface area contributed by atoms with Crippen LogP contribution in [0, 0.1) is 0 Å². The van der Waals surface area contributed by atoms with Gasteiger partial charge in [0.25, 0.3) is 11.9 Å². The van der Waals surface area contributed by atoms with Crippen molar-refractivity contribution in [3.8, 4) is 23.0 Å². The topological polar surface area (TPSA) is 121 Å². The van der Waals surface area contributed by atoms with Gasteiger partial charge in [0.15, 0.2) is 5.58 Å². The van der Waals surface area contributed by atoms with E-state index in [1.807, 2.05) is 12.1 Å². The number of fused-ring (bicyclic) bond motifs is 1. The second kappa shape index (κ2) is 8.62. The third kappa shape index (κ3) is 4.35. The number of carbonyl (C=O) groups is 1. The second-order valence-electron chi connectivity index (χ2n) is 6.55. The van der Waals surface area contributed by atoms with Gasteiger partial charge < -0.3 is 29.6 Å². The van der Waals surface area contributed by atoms with E-state index in [1.54, 1.807) is 43.4 Å². The van der Waals surface area contributed by atoms with Crippen LogP contribution in [0.25, 0.3) is 11.1 Å². The number of hydrogen-bond donors (Lipinski definition) is 2. The Labute approximate surface area is 177 Å². The van der Waals surface area contributed by atoms with Crippen molar-refractivity contribution in [2.75, 3.05) is 19.5 Å². The van der Waals surface area contributed by atoms with Gasteiger partial charge in [0.2, 0.25) is 5.75 Å². The molecule has 0 saturated carbocycles. The largest absolute Gasteiger partial charge is 0.590 e. The van der Waals surface area contributed by atoms with E-state index in [1.165, 1.54) is 13.3 Å². The predicted octanol–water partition coefficient (Wildman–Crippen LogP) is 3.43. The summed E-state index contributed by atoms with van der Waals surface area (Å²) in [4.78, 5) is 20.2. The molecule has 9 nitrogen and oxygen atoms in total. The normalized spacial score (nSPS) is 10.6. The highest BCUT2D eigenvalue weighted by molar-refractivity contribution is 5.92. The van der Waals surface area contributed by atoms with E-state index in [2.05, 4.69) is 20.6 Å². The lowest BCUT2D eigenvalue weighted by atomic mass is 10.2. The van der Waals surface area contributed by atoms with Crippen molar-refractivity contribution >= 4 is 23.0 Å². The minimum absolute atomic E-state index is 0.263. The molecular weight excluding hydrogens is 400 g/mol. The molecule has 0 spiro atoms. The molecule has 0 aliphatic rings. The molecule has 9 heteroatoms. The number of hydrogen-bond acceptors (Lipinski definition) is 7. The van der Waals surface area contributed by atoms with Crippen molar-refractivity contribution in [2.45, 2.75) is 6.54 Å². The first-order valence-electron chi connectivity index (χ1n) is 9.45. The predicted molar refractivity (Wildman–Crippen MR) is 115 cm³/mol. The summed E-state index contributed by atoms with van der Waals surface area (Å²) in [7, 11) is 3.08.